The van der Waals surface area contributed by atoms with Gasteiger partial charge in [0.2, 0.25) is 0 Å². The van der Waals surface area contributed by atoms with E-state index in [-0.39, 0.29) is 13.1 Å². The number of hydrogen-bond donors (Lipinski definition) is 5. The molecule has 0 aliphatic rings. The standard InChI is InChI=1S/C7H12N4O5/c8-4(13)6(15)10-1-3(12)2-11-7(16)5(9)14/h3,12H,1-2H2,(H2,8,13)(H2,9,14)(H,10,15)(H,11,16). The quantitative estimate of drug-likeness (QED) is 0.308. The third-order valence-electron chi connectivity index (χ3n) is 1.44. The lowest BCUT2D eigenvalue weighted by molar-refractivity contribution is -0.138. The second-order valence-electron chi connectivity index (χ2n) is 2.80. The molecular weight excluding hydrogens is 220 g/mol. The number of nitrogens with one attached hydrogen (secondary N) is 2. The van der Waals surface area contributed by atoms with Gasteiger partial charge in [-0.1, -0.05) is 0 Å². The smallest absolute Gasteiger partial charge is 0.309 e. The second kappa shape index (κ2) is 6.35. The van der Waals surface area contributed by atoms with Crippen LogP contribution in [0.5, 0.6) is 0 Å². The number of rotatable bonds is 4. The SMILES string of the molecule is NC(=O)C(=O)NCC(O)CNC(=O)C(N)=O. The molecule has 16 heavy (non-hydrogen) atoms. The maximum absolute atomic E-state index is 10.6. The van der Waals surface area contributed by atoms with Crippen LogP contribution >= 0.6 is 0 Å². The van der Waals surface area contributed by atoms with Crippen LogP contribution in [0.3, 0.4) is 0 Å². The molecule has 0 bridgehead atoms. The molecule has 9 nitrogen and oxygen atoms in total. The fraction of sp³-hybridized carbons (Fsp3) is 0.429. The molecule has 90 valence electrons. The van der Waals surface area contributed by atoms with Crippen LogP contribution in [0.1, 0.15) is 0 Å². The minimum Gasteiger partial charge on any atom is -0.389 e. The lowest BCUT2D eigenvalue weighted by atomic mass is 10.3. The van der Waals surface area contributed by atoms with Gasteiger partial charge in [0.25, 0.3) is 0 Å². The topological polar surface area (TPSA) is 165 Å². The highest BCUT2D eigenvalue weighted by atomic mass is 16.3. The Morgan fingerprint density at radius 2 is 1.25 bits per heavy atom. The van der Waals surface area contributed by atoms with Gasteiger partial charge in [0.15, 0.2) is 0 Å². The summed E-state index contributed by atoms with van der Waals surface area (Å²) < 4.78 is 0. The van der Waals surface area contributed by atoms with Crippen LogP contribution in [0.4, 0.5) is 0 Å². The van der Waals surface area contributed by atoms with Gasteiger partial charge in [-0.15, -0.1) is 0 Å². The average Bonchev–Trinajstić information content (AvgIpc) is 2.21. The van der Waals surface area contributed by atoms with E-state index in [0.29, 0.717) is 0 Å². The van der Waals surface area contributed by atoms with Crippen LogP contribution in [0.2, 0.25) is 0 Å². The molecule has 0 fully saturated rings. The van der Waals surface area contributed by atoms with E-state index in [1.165, 1.54) is 0 Å². The Balaban J connectivity index is 3.79. The molecule has 0 heterocycles. The second-order valence-corrected chi connectivity index (χ2v) is 2.80. The first-order chi connectivity index (χ1) is 7.34. The molecule has 0 rings (SSSR count). The Hall–Kier alpha value is -2.16. The summed E-state index contributed by atoms with van der Waals surface area (Å²) >= 11 is 0. The molecule has 7 N–H and O–H groups in total. The number of amides is 4. The summed E-state index contributed by atoms with van der Waals surface area (Å²) in [5.74, 6) is -4.48. The summed E-state index contributed by atoms with van der Waals surface area (Å²) in [6.07, 6.45) is -1.16. The van der Waals surface area contributed by atoms with Crippen LogP contribution in [0.25, 0.3) is 0 Å². The lowest BCUT2D eigenvalue weighted by Gasteiger charge is -2.11. The number of nitrogens with two attached hydrogens (primary N) is 2. The zero-order valence-corrected chi connectivity index (χ0v) is 8.23. The van der Waals surface area contributed by atoms with Gasteiger partial charge in [-0.25, -0.2) is 0 Å². The van der Waals surface area contributed by atoms with Crippen LogP contribution in [0, 0.1) is 0 Å². The number of carbonyl (C=O) groups is 4. The Bertz CT molecular complexity index is 286. The van der Waals surface area contributed by atoms with Crippen molar-refractivity contribution >= 4 is 23.6 Å². The number of aliphatic hydroxyl groups is 1. The third kappa shape index (κ3) is 5.54. The van der Waals surface area contributed by atoms with E-state index in [1.807, 2.05) is 10.6 Å². The first kappa shape index (κ1) is 13.8. The molecule has 0 radical (unpaired) electrons. The predicted molar refractivity (Wildman–Crippen MR) is 50.4 cm³/mol. The van der Waals surface area contributed by atoms with Crippen molar-refractivity contribution in [2.45, 2.75) is 6.10 Å². The average molecular weight is 232 g/mol. The van der Waals surface area contributed by atoms with Crippen LogP contribution in [0.15, 0.2) is 0 Å². The van der Waals surface area contributed by atoms with Gasteiger partial charge in [0.05, 0.1) is 6.10 Å². The molecule has 0 saturated carbocycles. The molecule has 0 aromatic heterocycles. The Labute approximate surface area is 90.1 Å². The molecule has 0 aliphatic carbocycles. The highest BCUT2D eigenvalue weighted by Gasteiger charge is 2.13. The maximum Gasteiger partial charge on any atom is 0.309 e. The molecule has 0 aromatic rings. The van der Waals surface area contributed by atoms with Crippen molar-refractivity contribution in [2.75, 3.05) is 13.1 Å². The normalized spacial score (nSPS) is 9.62. The number of carbonyl (C=O) groups excluding carboxylic acids is 4. The number of hydrogen-bond acceptors (Lipinski definition) is 5. The van der Waals surface area contributed by atoms with Crippen molar-refractivity contribution in [1.82, 2.24) is 10.6 Å². The summed E-state index contributed by atoms with van der Waals surface area (Å²) in [5.41, 5.74) is 9.24. The Morgan fingerprint density at radius 1 is 0.938 bits per heavy atom. The summed E-state index contributed by atoms with van der Waals surface area (Å²) in [6, 6.07) is 0. The monoisotopic (exact) mass is 232 g/mol. The van der Waals surface area contributed by atoms with E-state index in [0.717, 1.165) is 0 Å². The fourth-order valence-corrected chi connectivity index (χ4v) is 0.667. The molecule has 0 spiro atoms. The first-order valence-electron chi connectivity index (χ1n) is 4.18. The molecule has 4 amide bonds. The van der Waals surface area contributed by atoms with Crippen LogP contribution < -0.4 is 22.1 Å². The Kier molecular flexibility index (Phi) is 5.49. The summed E-state index contributed by atoms with van der Waals surface area (Å²) in [5, 5.41) is 13.2. The van der Waals surface area contributed by atoms with Gasteiger partial charge >= 0.3 is 23.6 Å². The highest BCUT2D eigenvalue weighted by Crippen LogP contribution is 1.78. The van der Waals surface area contributed by atoms with Crippen LogP contribution in [-0.2, 0) is 19.2 Å². The zero-order chi connectivity index (χ0) is 12.7. The van der Waals surface area contributed by atoms with Gasteiger partial charge < -0.3 is 27.2 Å². The van der Waals surface area contributed by atoms with Gasteiger partial charge in [0, 0.05) is 13.1 Å². The maximum atomic E-state index is 10.6. The van der Waals surface area contributed by atoms with Crippen LogP contribution in [-0.4, -0.2) is 47.9 Å². The zero-order valence-electron chi connectivity index (χ0n) is 8.23. The number of aliphatic hydroxyl groups excluding tert-OH is 1. The molecule has 9 heteroatoms. The van der Waals surface area contributed by atoms with Crippen molar-refractivity contribution in [3.63, 3.8) is 0 Å². The van der Waals surface area contributed by atoms with Crippen molar-refractivity contribution in [1.29, 1.82) is 0 Å². The van der Waals surface area contributed by atoms with E-state index >= 15 is 0 Å². The first-order valence-corrected chi connectivity index (χ1v) is 4.18. The molecule has 0 aromatic carbocycles. The number of primary amides is 2. The van der Waals surface area contributed by atoms with Gasteiger partial charge in [-0.05, 0) is 0 Å². The molecule has 0 atom stereocenters. The van der Waals surface area contributed by atoms with E-state index in [1.54, 1.807) is 0 Å². The third-order valence-corrected chi connectivity index (χ3v) is 1.44. The molecule has 0 aliphatic heterocycles. The van der Waals surface area contributed by atoms with Gasteiger partial charge in [0.1, 0.15) is 0 Å². The largest absolute Gasteiger partial charge is 0.389 e. The Morgan fingerprint density at radius 3 is 1.50 bits per heavy atom. The minimum absolute atomic E-state index is 0.291. The van der Waals surface area contributed by atoms with Gasteiger partial charge in [-0.3, -0.25) is 19.2 Å². The molecule has 0 saturated heterocycles. The van der Waals surface area contributed by atoms with E-state index in [2.05, 4.69) is 11.5 Å². The highest BCUT2D eigenvalue weighted by molar-refractivity contribution is 6.34. The molecular formula is C7H12N4O5. The van der Waals surface area contributed by atoms with Crippen molar-refractivity contribution < 1.29 is 24.3 Å². The van der Waals surface area contributed by atoms with Crippen molar-refractivity contribution in [3.05, 3.63) is 0 Å². The molecule has 0 unspecified atom stereocenters. The van der Waals surface area contributed by atoms with E-state index < -0.39 is 29.7 Å². The van der Waals surface area contributed by atoms with Gasteiger partial charge in [-0.2, -0.15) is 0 Å². The van der Waals surface area contributed by atoms with Crippen molar-refractivity contribution in [2.24, 2.45) is 11.5 Å². The van der Waals surface area contributed by atoms with E-state index in [4.69, 9.17) is 0 Å². The predicted octanol–water partition coefficient (Wildman–Crippen LogP) is -4.45. The minimum atomic E-state index is -1.19. The fourth-order valence-electron chi connectivity index (χ4n) is 0.667. The lowest BCUT2D eigenvalue weighted by Crippen LogP contribution is -2.45. The summed E-state index contributed by atoms with van der Waals surface area (Å²) in [7, 11) is 0. The summed E-state index contributed by atoms with van der Waals surface area (Å²) in [6.45, 7) is -0.582. The van der Waals surface area contributed by atoms with Crippen molar-refractivity contribution in [3.8, 4) is 0 Å². The van der Waals surface area contributed by atoms with E-state index in [9.17, 15) is 24.3 Å². The summed E-state index contributed by atoms with van der Waals surface area (Å²) in [4.78, 5) is 41.8.